The summed E-state index contributed by atoms with van der Waals surface area (Å²) in [5, 5.41) is 4.15. The van der Waals surface area contributed by atoms with Crippen LogP contribution in [0.4, 0.5) is 0 Å². The van der Waals surface area contributed by atoms with Crippen LogP contribution in [0.15, 0.2) is 29.1 Å². The molecule has 0 unspecified atom stereocenters. The lowest BCUT2D eigenvalue weighted by Crippen LogP contribution is -2.29. The average molecular weight is 287 g/mol. The molecule has 0 amide bonds. The van der Waals surface area contributed by atoms with Gasteiger partial charge < -0.3 is 5.32 Å². The molecular formula is C17H25N3O. The van der Waals surface area contributed by atoms with Gasteiger partial charge >= 0.3 is 0 Å². The number of rotatable bonds is 7. The number of nitrogens with zero attached hydrogens (tertiary/aromatic N) is 2. The van der Waals surface area contributed by atoms with Gasteiger partial charge in [-0.05, 0) is 32.0 Å². The van der Waals surface area contributed by atoms with E-state index in [1.54, 1.807) is 11.6 Å². The van der Waals surface area contributed by atoms with E-state index >= 15 is 0 Å². The molecule has 1 N–H and O–H groups in total. The van der Waals surface area contributed by atoms with Gasteiger partial charge in [-0.2, -0.15) is 0 Å². The fraction of sp³-hybridized carbons (Fsp3) is 0.529. The van der Waals surface area contributed by atoms with Gasteiger partial charge in [-0.1, -0.05) is 38.3 Å². The number of aromatic nitrogens is 2. The highest BCUT2D eigenvalue weighted by atomic mass is 16.1. The predicted octanol–water partition coefficient (Wildman–Crippen LogP) is 3.16. The zero-order valence-corrected chi connectivity index (χ0v) is 13.2. The van der Waals surface area contributed by atoms with Crippen molar-refractivity contribution in [1.82, 2.24) is 14.9 Å². The monoisotopic (exact) mass is 287 g/mol. The summed E-state index contributed by atoms with van der Waals surface area (Å²) in [5.74, 6) is 0.800. The van der Waals surface area contributed by atoms with Crippen LogP contribution in [0.1, 0.15) is 51.4 Å². The molecule has 0 saturated carbocycles. The molecule has 0 saturated heterocycles. The molecule has 2 aromatic rings. The van der Waals surface area contributed by atoms with Gasteiger partial charge in [0.25, 0.3) is 5.56 Å². The third kappa shape index (κ3) is 3.70. The molecule has 0 spiro atoms. The van der Waals surface area contributed by atoms with Gasteiger partial charge in [-0.15, -0.1) is 0 Å². The van der Waals surface area contributed by atoms with E-state index in [0.29, 0.717) is 5.39 Å². The van der Waals surface area contributed by atoms with E-state index in [1.165, 1.54) is 25.7 Å². The van der Waals surface area contributed by atoms with Crippen LogP contribution in [0.3, 0.4) is 0 Å². The van der Waals surface area contributed by atoms with E-state index in [-0.39, 0.29) is 11.6 Å². The maximum Gasteiger partial charge on any atom is 0.261 e. The van der Waals surface area contributed by atoms with Gasteiger partial charge in [0.15, 0.2) is 0 Å². The SMILES string of the molecule is CCCCCCN[C@H](C)c1nc2ccccc2c(=O)n1C. The van der Waals surface area contributed by atoms with Crippen LogP contribution >= 0.6 is 0 Å². The Labute approximate surface area is 126 Å². The minimum Gasteiger partial charge on any atom is -0.308 e. The van der Waals surface area contributed by atoms with Crippen molar-refractivity contribution in [1.29, 1.82) is 0 Å². The molecule has 0 aliphatic rings. The highest BCUT2D eigenvalue weighted by molar-refractivity contribution is 5.77. The third-order valence-corrected chi connectivity index (χ3v) is 3.89. The summed E-state index contributed by atoms with van der Waals surface area (Å²) in [4.78, 5) is 17.0. The fourth-order valence-corrected chi connectivity index (χ4v) is 2.58. The van der Waals surface area contributed by atoms with Crippen molar-refractivity contribution in [3.63, 3.8) is 0 Å². The number of para-hydroxylation sites is 1. The highest BCUT2D eigenvalue weighted by Gasteiger charge is 2.13. The molecule has 4 nitrogen and oxygen atoms in total. The van der Waals surface area contributed by atoms with Crippen LogP contribution in [-0.4, -0.2) is 16.1 Å². The van der Waals surface area contributed by atoms with E-state index in [4.69, 9.17) is 0 Å². The second-order valence-electron chi connectivity index (χ2n) is 5.59. The van der Waals surface area contributed by atoms with E-state index in [2.05, 4.69) is 24.1 Å². The van der Waals surface area contributed by atoms with E-state index in [0.717, 1.165) is 17.9 Å². The minimum atomic E-state index is 0.0234. The van der Waals surface area contributed by atoms with E-state index in [1.807, 2.05) is 24.3 Å². The summed E-state index contributed by atoms with van der Waals surface area (Å²) >= 11 is 0. The second-order valence-corrected chi connectivity index (χ2v) is 5.59. The topological polar surface area (TPSA) is 46.9 Å². The third-order valence-electron chi connectivity index (χ3n) is 3.89. The molecule has 0 aliphatic heterocycles. The largest absolute Gasteiger partial charge is 0.308 e. The first-order chi connectivity index (χ1) is 10.1. The summed E-state index contributed by atoms with van der Waals surface area (Å²) in [5.41, 5.74) is 0.797. The van der Waals surface area contributed by atoms with Gasteiger partial charge in [0, 0.05) is 7.05 Å². The van der Waals surface area contributed by atoms with Gasteiger partial charge in [-0.25, -0.2) is 4.98 Å². The van der Waals surface area contributed by atoms with Crippen molar-refractivity contribution >= 4 is 10.9 Å². The van der Waals surface area contributed by atoms with Gasteiger partial charge in [0.05, 0.1) is 16.9 Å². The lowest BCUT2D eigenvalue weighted by atomic mass is 10.2. The van der Waals surface area contributed by atoms with Crippen LogP contribution in [0, 0.1) is 0 Å². The van der Waals surface area contributed by atoms with Crippen molar-refractivity contribution in [2.24, 2.45) is 7.05 Å². The van der Waals surface area contributed by atoms with E-state index in [9.17, 15) is 4.79 Å². The molecule has 21 heavy (non-hydrogen) atoms. The summed E-state index contributed by atoms with van der Waals surface area (Å²) < 4.78 is 1.66. The quantitative estimate of drug-likeness (QED) is 0.796. The van der Waals surface area contributed by atoms with Gasteiger partial charge in [0.2, 0.25) is 0 Å². The lowest BCUT2D eigenvalue weighted by Gasteiger charge is -2.17. The van der Waals surface area contributed by atoms with Gasteiger partial charge in [0.1, 0.15) is 5.82 Å². The average Bonchev–Trinajstić information content (AvgIpc) is 2.50. The molecule has 4 heteroatoms. The molecule has 1 aromatic heterocycles. The maximum atomic E-state index is 12.4. The van der Waals surface area contributed by atoms with Crippen LogP contribution in [0.25, 0.3) is 10.9 Å². The Kier molecular flexibility index (Phi) is 5.51. The first-order valence-electron chi connectivity index (χ1n) is 7.84. The molecule has 1 heterocycles. The lowest BCUT2D eigenvalue weighted by molar-refractivity contribution is 0.500. The highest BCUT2D eigenvalue weighted by Crippen LogP contribution is 2.12. The number of benzene rings is 1. The Morgan fingerprint density at radius 2 is 2.00 bits per heavy atom. The number of hydrogen-bond donors (Lipinski definition) is 1. The van der Waals surface area contributed by atoms with Crippen molar-refractivity contribution < 1.29 is 0 Å². The number of hydrogen-bond acceptors (Lipinski definition) is 3. The Balaban J connectivity index is 2.14. The molecule has 0 aliphatic carbocycles. The smallest absolute Gasteiger partial charge is 0.261 e. The van der Waals surface area contributed by atoms with Crippen LogP contribution in [0.5, 0.6) is 0 Å². The predicted molar refractivity (Wildman–Crippen MR) is 87.5 cm³/mol. The molecular weight excluding hydrogens is 262 g/mol. The molecule has 114 valence electrons. The molecule has 0 radical (unpaired) electrons. The Morgan fingerprint density at radius 1 is 1.24 bits per heavy atom. The van der Waals surface area contributed by atoms with Crippen molar-refractivity contribution in [2.75, 3.05) is 6.54 Å². The standard InChI is InChI=1S/C17H25N3O/c1-4-5-6-9-12-18-13(2)16-19-15-11-8-7-10-14(15)17(21)20(16)3/h7-8,10-11,13,18H,4-6,9,12H2,1-3H3/t13-/m1/s1. The Bertz CT molecular complexity index is 648. The Hall–Kier alpha value is -1.68. The van der Waals surface area contributed by atoms with Crippen LogP contribution in [0.2, 0.25) is 0 Å². The first-order valence-corrected chi connectivity index (χ1v) is 7.84. The summed E-state index contributed by atoms with van der Waals surface area (Å²) in [6.45, 7) is 5.24. The van der Waals surface area contributed by atoms with Crippen molar-refractivity contribution in [3.8, 4) is 0 Å². The first kappa shape index (κ1) is 15.7. The number of unbranched alkanes of at least 4 members (excludes halogenated alkanes) is 3. The maximum absolute atomic E-state index is 12.4. The summed E-state index contributed by atoms with van der Waals surface area (Å²) in [7, 11) is 1.80. The molecule has 0 fully saturated rings. The molecule has 1 atom stereocenters. The number of fused-ring (bicyclic) bond motifs is 1. The Morgan fingerprint density at radius 3 is 2.76 bits per heavy atom. The zero-order chi connectivity index (χ0) is 15.2. The van der Waals surface area contributed by atoms with E-state index < -0.39 is 0 Å². The molecule has 2 rings (SSSR count). The van der Waals surface area contributed by atoms with Crippen LogP contribution < -0.4 is 10.9 Å². The fourth-order valence-electron chi connectivity index (χ4n) is 2.58. The molecule has 1 aromatic carbocycles. The van der Waals surface area contributed by atoms with Gasteiger partial charge in [-0.3, -0.25) is 9.36 Å². The second kappa shape index (κ2) is 7.36. The van der Waals surface area contributed by atoms with Crippen molar-refractivity contribution in [3.05, 3.63) is 40.4 Å². The number of nitrogens with one attached hydrogen (secondary N) is 1. The van der Waals surface area contributed by atoms with Crippen molar-refractivity contribution in [2.45, 2.75) is 45.6 Å². The normalized spacial score (nSPS) is 12.7. The molecule has 0 bridgehead atoms. The van der Waals surface area contributed by atoms with Crippen LogP contribution in [-0.2, 0) is 7.05 Å². The minimum absolute atomic E-state index is 0.0234. The summed E-state index contributed by atoms with van der Waals surface area (Å²) in [6, 6.07) is 7.60. The zero-order valence-electron chi connectivity index (χ0n) is 13.2. The summed E-state index contributed by atoms with van der Waals surface area (Å²) in [6.07, 6.45) is 4.94.